The number of rotatable bonds is 5. The maximum Gasteiger partial charge on any atom is 0.224 e. The number of amides is 1. The minimum absolute atomic E-state index is 0.0128. The van der Waals surface area contributed by atoms with Crippen molar-refractivity contribution in [3.8, 4) is 0 Å². The van der Waals surface area contributed by atoms with E-state index in [0.717, 1.165) is 35.6 Å². The van der Waals surface area contributed by atoms with Gasteiger partial charge < -0.3 is 15.2 Å². The number of carbonyl (C=O) groups is 1. The first-order valence-corrected chi connectivity index (χ1v) is 9.28. The van der Waals surface area contributed by atoms with Gasteiger partial charge in [-0.15, -0.1) is 0 Å². The summed E-state index contributed by atoms with van der Waals surface area (Å²) in [5.74, 6) is 0.862. The van der Waals surface area contributed by atoms with Gasteiger partial charge in [0.05, 0.1) is 11.0 Å². The third kappa shape index (κ3) is 3.57. The van der Waals surface area contributed by atoms with E-state index in [4.69, 9.17) is 0 Å². The zero-order valence-electron chi connectivity index (χ0n) is 15.1. The predicted octanol–water partition coefficient (Wildman–Crippen LogP) is 4.04. The summed E-state index contributed by atoms with van der Waals surface area (Å²) in [5, 5.41) is 3.01. The monoisotopic (exact) mass is 348 g/mol. The molecule has 5 nitrogen and oxygen atoms in total. The Morgan fingerprint density at radius 2 is 2.00 bits per heavy atom. The van der Waals surface area contributed by atoms with Crippen LogP contribution in [0.5, 0.6) is 0 Å². The highest BCUT2D eigenvalue weighted by atomic mass is 16.1. The van der Waals surface area contributed by atoms with Crippen molar-refractivity contribution in [1.82, 2.24) is 9.97 Å². The maximum atomic E-state index is 12.3. The number of carbonyl (C=O) groups excluding carboxylic acids is 1. The molecule has 0 unspecified atom stereocenters. The molecule has 1 saturated heterocycles. The molecule has 1 aliphatic heterocycles. The van der Waals surface area contributed by atoms with Crippen molar-refractivity contribution in [2.45, 2.75) is 32.6 Å². The van der Waals surface area contributed by atoms with Gasteiger partial charge >= 0.3 is 0 Å². The molecule has 0 radical (unpaired) electrons. The van der Waals surface area contributed by atoms with Gasteiger partial charge in [0.1, 0.15) is 5.82 Å². The number of para-hydroxylation sites is 2. The zero-order valence-corrected chi connectivity index (χ0v) is 15.1. The van der Waals surface area contributed by atoms with E-state index < -0.39 is 0 Å². The van der Waals surface area contributed by atoms with Crippen LogP contribution in [-0.2, 0) is 11.2 Å². The Bertz CT molecular complexity index is 892. The van der Waals surface area contributed by atoms with Crippen molar-refractivity contribution in [3.63, 3.8) is 0 Å². The first-order chi connectivity index (χ1) is 12.7. The predicted molar refractivity (Wildman–Crippen MR) is 106 cm³/mol. The van der Waals surface area contributed by atoms with E-state index in [0.29, 0.717) is 12.8 Å². The van der Waals surface area contributed by atoms with Crippen molar-refractivity contribution in [3.05, 3.63) is 53.9 Å². The van der Waals surface area contributed by atoms with Gasteiger partial charge in [0.25, 0.3) is 0 Å². The summed E-state index contributed by atoms with van der Waals surface area (Å²) in [5.41, 5.74) is 5.30. The quantitative estimate of drug-likeness (QED) is 0.731. The Balaban J connectivity index is 1.36. The molecule has 5 heteroatoms. The molecule has 1 aliphatic rings. The van der Waals surface area contributed by atoms with Gasteiger partial charge in [0.15, 0.2) is 0 Å². The number of benzene rings is 2. The second kappa shape index (κ2) is 7.20. The minimum atomic E-state index is 0.0128. The zero-order chi connectivity index (χ0) is 17.9. The molecule has 3 aromatic rings. The van der Waals surface area contributed by atoms with Crippen LogP contribution in [0.2, 0.25) is 0 Å². The minimum Gasteiger partial charge on any atom is -0.371 e. The van der Waals surface area contributed by atoms with E-state index in [-0.39, 0.29) is 5.91 Å². The molecule has 4 rings (SSSR count). The van der Waals surface area contributed by atoms with Gasteiger partial charge in [-0.25, -0.2) is 4.98 Å². The number of fused-ring (bicyclic) bond motifs is 1. The van der Waals surface area contributed by atoms with Crippen LogP contribution < -0.4 is 10.2 Å². The first kappa shape index (κ1) is 16.6. The molecule has 1 amide bonds. The highest BCUT2D eigenvalue weighted by Gasteiger charge is 2.15. The van der Waals surface area contributed by atoms with Gasteiger partial charge in [0, 0.05) is 37.3 Å². The lowest BCUT2D eigenvalue weighted by Crippen LogP contribution is -2.19. The van der Waals surface area contributed by atoms with Gasteiger partial charge in [-0.3, -0.25) is 4.79 Å². The first-order valence-electron chi connectivity index (χ1n) is 9.28. The molecule has 134 valence electrons. The Morgan fingerprint density at radius 3 is 2.77 bits per heavy atom. The van der Waals surface area contributed by atoms with Crippen LogP contribution in [0.1, 0.15) is 30.7 Å². The molecule has 0 aliphatic carbocycles. The molecule has 2 aromatic carbocycles. The Kier molecular flexibility index (Phi) is 4.61. The fourth-order valence-corrected chi connectivity index (χ4v) is 3.63. The third-order valence-corrected chi connectivity index (χ3v) is 4.95. The molecule has 0 spiro atoms. The summed E-state index contributed by atoms with van der Waals surface area (Å²) in [4.78, 5) is 22.5. The number of aromatic nitrogens is 2. The number of aromatic amines is 1. The molecule has 0 atom stereocenters. The maximum absolute atomic E-state index is 12.3. The topological polar surface area (TPSA) is 61.0 Å². The smallest absolute Gasteiger partial charge is 0.224 e. The SMILES string of the molecule is Cc1cc(NC(=O)CCc2nc3ccccc3[nH]2)ccc1N1CCCC1. The summed E-state index contributed by atoms with van der Waals surface area (Å²) in [6.07, 6.45) is 3.54. The number of hydrogen-bond acceptors (Lipinski definition) is 3. The van der Waals surface area contributed by atoms with Gasteiger partial charge in [-0.2, -0.15) is 0 Å². The van der Waals surface area contributed by atoms with E-state index >= 15 is 0 Å². The van der Waals surface area contributed by atoms with E-state index in [1.165, 1.54) is 24.1 Å². The summed E-state index contributed by atoms with van der Waals surface area (Å²) in [6.45, 7) is 4.37. The van der Waals surface area contributed by atoms with Crippen molar-refractivity contribution in [2.24, 2.45) is 0 Å². The molecule has 0 bridgehead atoms. The molecule has 2 heterocycles. The Labute approximate surface area is 153 Å². The van der Waals surface area contributed by atoms with Crippen molar-refractivity contribution >= 4 is 28.3 Å². The molecule has 0 saturated carbocycles. The van der Waals surface area contributed by atoms with E-state index in [9.17, 15) is 4.79 Å². The molecule has 1 fully saturated rings. The normalized spacial score (nSPS) is 14.1. The van der Waals surface area contributed by atoms with Crippen molar-refractivity contribution in [2.75, 3.05) is 23.3 Å². The number of hydrogen-bond donors (Lipinski definition) is 2. The number of nitrogens with one attached hydrogen (secondary N) is 2. The number of aryl methyl sites for hydroxylation is 2. The second-order valence-corrected chi connectivity index (χ2v) is 6.94. The third-order valence-electron chi connectivity index (χ3n) is 4.95. The molecule has 1 aromatic heterocycles. The number of anilines is 2. The highest BCUT2D eigenvalue weighted by molar-refractivity contribution is 5.91. The largest absolute Gasteiger partial charge is 0.371 e. The van der Waals surface area contributed by atoms with Crippen LogP contribution >= 0.6 is 0 Å². The Morgan fingerprint density at radius 1 is 1.19 bits per heavy atom. The van der Waals surface area contributed by atoms with Crippen molar-refractivity contribution in [1.29, 1.82) is 0 Å². The van der Waals surface area contributed by atoms with Crippen LogP contribution in [0, 0.1) is 6.92 Å². The molecule has 2 N–H and O–H groups in total. The lowest BCUT2D eigenvalue weighted by Gasteiger charge is -2.20. The fraction of sp³-hybridized carbons (Fsp3) is 0.333. The van der Waals surface area contributed by atoms with Gasteiger partial charge in [-0.05, 0) is 55.7 Å². The Hall–Kier alpha value is -2.82. The molecular weight excluding hydrogens is 324 g/mol. The summed E-state index contributed by atoms with van der Waals surface area (Å²) < 4.78 is 0. The lowest BCUT2D eigenvalue weighted by molar-refractivity contribution is -0.116. The van der Waals surface area contributed by atoms with E-state index in [2.05, 4.69) is 39.2 Å². The lowest BCUT2D eigenvalue weighted by atomic mass is 10.1. The standard InChI is InChI=1S/C21H24N4O/c1-15-14-16(8-9-19(15)25-12-4-5-13-25)22-21(26)11-10-20-23-17-6-2-3-7-18(17)24-20/h2-3,6-9,14H,4-5,10-13H2,1H3,(H,22,26)(H,23,24). The number of nitrogens with zero attached hydrogens (tertiary/aromatic N) is 2. The fourth-order valence-electron chi connectivity index (χ4n) is 3.63. The van der Waals surface area contributed by atoms with Crippen LogP contribution in [0.3, 0.4) is 0 Å². The van der Waals surface area contributed by atoms with E-state index in [1.54, 1.807) is 0 Å². The average Bonchev–Trinajstić information content (AvgIpc) is 3.29. The van der Waals surface area contributed by atoms with E-state index in [1.807, 2.05) is 30.3 Å². The van der Waals surface area contributed by atoms with Crippen molar-refractivity contribution < 1.29 is 4.79 Å². The highest BCUT2D eigenvalue weighted by Crippen LogP contribution is 2.26. The summed E-state index contributed by atoms with van der Waals surface area (Å²) >= 11 is 0. The number of H-pyrrole nitrogens is 1. The van der Waals surface area contributed by atoms with Gasteiger partial charge in [-0.1, -0.05) is 12.1 Å². The van der Waals surface area contributed by atoms with Crippen LogP contribution in [0.4, 0.5) is 11.4 Å². The van der Waals surface area contributed by atoms with Crippen LogP contribution in [0.15, 0.2) is 42.5 Å². The number of imidazole rings is 1. The molecule has 26 heavy (non-hydrogen) atoms. The molecular formula is C21H24N4O. The van der Waals surface area contributed by atoms with Crippen LogP contribution in [0.25, 0.3) is 11.0 Å². The summed E-state index contributed by atoms with van der Waals surface area (Å²) in [7, 11) is 0. The van der Waals surface area contributed by atoms with Crippen LogP contribution in [-0.4, -0.2) is 29.0 Å². The van der Waals surface area contributed by atoms with Gasteiger partial charge in [0.2, 0.25) is 5.91 Å². The summed E-state index contributed by atoms with van der Waals surface area (Å²) in [6, 6.07) is 14.1. The average molecular weight is 348 g/mol. The second-order valence-electron chi connectivity index (χ2n) is 6.94.